The van der Waals surface area contributed by atoms with E-state index in [0.29, 0.717) is 5.95 Å². The SMILES string of the molecule is Cc1cc(C)c(C)c(-c2nc(N)n(C)c2Br)c1C. The minimum atomic E-state index is 0.523. The molecule has 18 heavy (non-hydrogen) atoms. The summed E-state index contributed by atoms with van der Waals surface area (Å²) in [5, 5.41) is 0. The van der Waals surface area contributed by atoms with E-state index >= 15 is 0 Å². The number of imidazole rings is 1. The van der Waals surface area contributed by atoms with Crippen LogP contribution in [0.15, 0.2) is 10.7 Å². The third-order valence-electron chi connectivity index (χ3n) is 3.66. The molecule has 0 aliphatic heterocycles. The van der Waals surface area contributed by atoms with Gasteiger partial charge in [-0.15, -0.1) is 0 Å². The van der Waals surface area contributed by atoms with Crippen LogP contribution in [0, 0.1) is 27.7 Å². The van der Waals surface area contributed by atoms with Crippen LogP contribution in [0.3, 0.4) is 0 Å². The second kappa shape index (κ2) is 4.43. The molecule has 0 bridgehead atoms. The molecule has 3 nitrogen and oxygen atoms in total. The number of halogens is 1. The second-order valence-corrected chi connectivity index (χ2v) is 5.55. The Morgan fingerprint density at radius 2 is 1.61 bits per heavy atom. The van der Waals surface area contributed by atoms with E-state index in [9.17, 15) is 0 Å². The van der Waals surface area contributed by atoms with Crippen molar-refractivity contribution in [3.8, 4) is 11.3 Å². The van der Waals surface area contributed by atoms with Gasteiger partial charge >= 0.3 is 0 Å². The summed E-state index contributed by atoms with van der Waals surface area (Å²) in [6.07, 6.45) is 0. The van der Waals surface area contributed by atoms with E-state index in [1.54, 1.807) is 0 Å². The molecular formula is C14H18BrN3. The Kier molecular flexibility index (Phi) is 3.23. The zero-order valence-corrected chi connectivity index (χ0v) is 13.0. The third-order valence-corrected chi connectivity index (χ3v) is 4.57. The molecule has 4 heteroatoms. The standard InChI is InChI=1S/C14H18BrN3/c1-7-6-8(2)10(4)11(9(7)3)12-13(15)18(5)14(16)17-12/h6H,1-5H3,(H2,16,17). The molecule has 2 rings (SSSR count). The van der Waals surface area contributed by atoms with Gasteiger partial charge in [-0.05, 0) is 65.9 Å². The van der Waals surface area contributed by atoms with E-state index < -0.39 is 0 Å². The van der Waals surface area contributed by atoms with E-state index in [1.165, 1.54) is 27.8 Å². The Hall–Kier alpha value is -1.29. The molecule has 0 aliphatic rings. The quantitative estimate of drug-likeness (QED) is 0.873. The molecule has 0 saturated carbocycles. The largest absolute Gasteiger partial charge is 0.369 e. The minimum absolute atomic E-state index is 0.523. The van der Waals surface area contributed by atoms with Crippen LogP contribution in [0.2, 0.25) is 0 Å². The van der Waals surface area contributed by atoms with Crippen LogP contribution in [0.1, 0.15) is 22.3 Å². The van der Waals surface area contributed by atoms with Crippen LogP contribution in [0.25, 0.3) is 11.3 Å². The first-order valence-corrected chi connectivity index (χ1v) is 6.69. The van der Waals surface area contributed by atoms with Crippen molar-refractivity contribution in [2.45, 2.75) is 27.7 Å². The molecule has 0 spiro atoms. The number of anilines is 1. The van der Waals surface area contributed by atoms with Crippen molar-refractivity contribution in [1.29, 1.82) is 0 Å². The molecule has 0 atom stereocenters. The van der Waals surface area contributed by atoms with Gasteiger partial charge in [0.15, 0.2) is 0 Å². The molecule has 2 N–H and O–H groups in total. The van der Waals surface area contributed by atoms with Gasteiger partial charge in [0.1, 0.15) is 10.3 Å². The van der Waals surface area contributed by atoms with Gasteiger partial charge < -0.3 is 10.3 Å². The number of hydrogen-bond acceptors (Lipinski definition) is 2. The summed E-state index contributed by atoms with van der Waals surface area (Å²) in [4.78, 5) is 4.48. The predicted octanol–water partition coefficient (Wildman–Crippen LogP) is 3.67. The zero-order chi connectivity index (χ0) is 13.6. The molecule has 2 aromatic rings. The number of aromatic nitrogens is 2. The van der Waals surface area contributed by atoms with Gasteiger partial charge in [-0.25, -0.2) is 4.98 Å². The maximum Gasteiger partial charge on any atom is 0.201 e. The highest BCUT2D eigenvalue weighted by molar-refractivity contribution is 9.10. The first-order valence-electron chi connectivity index (χ1n) is 5.90. The summed E-state index contributed by atoms with van der Waals surface area (Å²) in [7, 11) is 1.91. The maximum atomic E-state index is 5.88. The molecule has 1 aromatic heterocycles. The fraction of sp³-hybridized carbons (Fsp3) is 0.357. The maximum absolute atomic E-state index is 5.88. The summed E-state index contributed by atoms with van der Waals surface area (Å²) in [5.41, 5.74) is 13.1. The van der Waals surface area contributed by atoms with Crippen molar-refractivity contribution in [3.05, 3.63) is 32.9 Å². The minimum Gasteiger partial charge on any atom is -0.369 e. The van der Waals surface area contributed by atoms with Crippen molar-refractivity contribution < 1.29 is 0 Å². The van der Waals surface area contributed by atoms with Gasteiger partial charge in [0, 0.05) is 12.6 Å². The number of aryl methyl sites for hydroxylation is 2. The molecule has 0 aliphatic carbocycles. The van der Waals surface area contributed by atoms with Crippen molar-refractivity contribution in [2.75, 3.05) is 5.73 Å². The molecule has 0 fully saturated rings. The Morgan fingerprint density at radius 1 is 1.11 bits per heavy atom. The van der Waals surface area contributed by atoms with Crippen molar-refractivity contribution >= 4 is 21.9 Å². The van der Waals surface area contributed by atoms with E-state index in [1.807, 2.05) is 11.6 Å². The number of nitrogens with zero attached hydrogens (tertiary/aromatic N) is 2. The Balaban J connectivity index is 2.82. The van der Waals surface area contributed by atoms with Crippen molar-refractivity contribution in [3.63, 3.8) is 0 Å². The Morgan fingerprint density at radius 3 is 2.00 bits per heavy atom. The lowest BCUT2D eigenvalue weighted by Crippen LogP contribution is -1.96. The molecule has 0 saturated heterocycles. The number of nitrogens with two attached hydrogens (primary N) is 1. The summed E-state index contributed by atoms with van der Waals surface area (Å²) in [5.74, 6) is 0.523. The molecule has 0 amide bonds. The monoisotopic (exact) mass is 307 g/mol. The summed E-state index contributed by atoms with van der Waals surface area (Å²) in [6, 6.07) is 2.22. The lowest BCUT2D eigenvalue weighted by molar-refractivity contribution is 0.907. The van der Waals surface area contributed by atoms with E-state index in [2.05, 4.69) is 54.7 Å². The van der Waals surface area contributed by atoms with Crippen LogP contribution in [0.5, 0.6) is 0 Å². The van der Waals surface area contributed by atoms with Gasteiger partial charge in [0.25, 0.3) is 0 Å². The van der Waals surface area contributed by atoms with Crippen LogP contribution >= 0.6 is 15.9 Å². The van der Waals surface area contributed by atoms with Crippen LogP contribution in [-0.2, 0) is 7.05 Å². The Labute approximate surface area is 116 Å². The highest BCUT2D eigenvalue weighted by Gasteiger charge is 2.18. The first kappa shape index (κ1) is 13.1. The fourth-order valence-corrected chi connectivity index (χ4v) is 2.69. The van der Waals surface area contributed by atoms with Gasteiger partial charge in [0.05, 0.1) is 0 Å². The topological polar surface area (TPSA) is 43.8 Å². The van der Waals surface area contributed by atoms with Crippen molar-refractivity contribution in [1.82, 2.24) is 9.55 Å². The summed E-state index contributed by atoms with van der Waals surface area (Å²) in [6.45, 7) is 8.53. The van der Waals surface area contributed by atoms with E-state index in [0.717, 1.165) is 10.3 Å². The normalized spacial score (nSPS) is 11.0. The molecule has 1 heterocycles. The summed E-state index contributed by atoms with van der Waals surface area (Å²) < 4.78 is 2.78. The Bertz CT molecular complexity index is 600. The molecule has 0 radical (unpaired) electrons. The van der Waals surface area contributed by atoms with Gasteiger partial charge in [-0.3, -0.25) is 0 Å². The number of hydrogen-bond donors (Lipinski definition) is 1. The highest BCUT2D eigenvalue weighted by Crippen LogP contribution is 2.36. The summed E-state index contributed by atoms with van der Waals surface area (Å²) >= 11 is 3.58. The van der Waals surface area contributed by atoms with Crippen LogP contribution in [-0.4, -0.2) is 9.55 Å². The predicted molar refractivity (Wildman–Crippen MR) is 79.7 cm³/mol. The molecule has 1 aromatic carbocycles. The molecule has 96 valence electrons. The average Bonchev–Trinajstić information content (AvgIpc) is 2.55. The highest BCUT2D eigenvalue weighted by atomic mass is 79.9. The lowest BCUT2D eigenvalue weighted by atomic mass is 9.93. The third kappa shape index (κ3) is 1.85. The van der Waals surface area contributed by atoms with Crippen LogP contribution in [0.4, 0.5) is 5.95 Å². The number of benzene rings is 1. The lowest BCUT2D eigenvalue weighted by Gasteiger charge is -2.14. The average molecular weight is 308 g/mol. The van der Waals surface area contributed by atoms with E-state index in [4.69, 9.17) is 5.73 Å². The van der Waals surface area contributed by atoms with Gasteiger partial charge in [-0.1, -0.05) is 6.07 Å². The smallest absolute Gasteiger partial charge is 0.201 e. The van der Waals surface area contributed by atoms with Crippen LogP contribution < -0.4 is 5.73 Å². The number of rotatable bonds is 1. The fourth-order valence-electron chi connectivity index (χ4n) is 2.23. The molecular weight excluding hydrogens is 290 g/mol. The van der Waals surface area contributed by atoms with Gasteiger partial charge in [0.2, 0.25) is 5.95 Å². The second-order valence-electron chi connectivity index (χ2n) is 4.80. The van der Waals surface area contributed by atoms with E-state index in [-0.39, 0.29) is 0 Å². The number of nitrogen functional groups attached to an aromatic ring is 1. The molecule has 0 unspecified atom stereocenters. The zero-order valence-electron chi connectivity index (χ0n) is 11.4. The van der Waals surface area contributed by atoms with Gasteiger partial charge in [-0.2, -0.15) is 0 Å². The van der Waals surface area contributed by atoms with Crippen molar-refractivity contribution in [2.24, 2.45) is 7.05 Å². The first-order chi connectivity index (χ1) is 8.34.